The van der Waals surface area contributed by atoms with Crippen molar-refractivity contribution in [3.8, 4) is 11.1 Å². The number of hydrogen-bond acceptors (Lipinski definition) is 5. The number of halogens is 1. The Bertz CT molecular complexity index is 1740. The summed E-state index contributed by atoms with van der Waals surface area (Å²) in [4.78, 5) is 15.6. The van der Waals surface area contributed by atoms with Crippen LogP contribution in [0.1, 0.15) is 11.1 Å². The number of sulfonamides is 1. The normalized spacial score (nSPS) is 13.7. The number of nitrogens with zero attached hydrogens (tertiary/aromatic N) is 2. The maximum atomic E-state index is 13.7. The second-order valence-electron chi connectivity index (χ2n) is 8.41. The third kappa shape index (κ3) is 3.61. The van der Waals surface area contributed by atoms with Crippen LogP contribution >= 0.6 is 0 Å². The number of nitrogens with one attached hydrogen (secondary N) is 1. The number of sulfone groups is 1. The summed E-state index contributed by atoms with van der Waals surface area (Å²) < 4.78 is 67.3. The quantitative estimate of drug-likeness (QED) is 0.463. The predicted octanol–water partition coefficient (Wildman–Crippen LogP) is 2.93. The fourth-order valence-corrected chi connectivity index (χ4v) is 6.61. The molecule has 4 aromatic rings. The number of H-pyrrole nitrogens is 1. The van der Waals surface area contributed by atoms with Gasteiger partial charge in [-0.15, -0.1) is 0 Å². The molecule has 1 N–H and O–H groups in total. The minimum Gasteiger partial charge on any atom is -0.356 e. The molecule has 0 aliphatic carbocycles. The highest BCUT2D eigenvalue weighted by Gasteiger charge is 2.32. The maximum absolute atomic E-state index is 13.7. The van der Waals surface area contributed by atoms with Crippen molar-refractivity contribution < 1.29 is 21.2 Å². The van der Waals surface area contributed by atoms with Crippen molar-refractivity contribution in [2.75, 3.05) is 10.6 Å². The average molecular weight is 502 g/mol. The molecule has 0 saturated heterocycles. The number of aromatic nitrogens is 2. The van der Waals surface area contributed by atoms with Crippen molar-refractivity contribution in [3.05, 3.63) is 82.2 Å². The van der Waals surface area contributed by atoms with E-state index in [2.05, 4.69) is 4.98 Å². The van der Waals surface area contributed by atoms with Gasteiger partial charge in [-0.05, 0) is 47.5 Å². The van der Waals surface area contributed by atoms with Gasteiger partial charge in [-0.25, -0.2) is 21.2 Å². The molecule has 0 unspecified atom stereocenters. The number of hydrogen-bond donors (Lipinski definition) is 1. The molecule has 2 aromatic carbocycles. The van der Waals surface area contributed by atoms with E-state index in [0.717, 1.165) is 18.4 Å². The summed E-state index contributed by atoms with van der Waals surface area (Å²) in [7, 11) is -5.88. The van der Waals surface area contributed by atoms with Crippen molar-refractivity contribution in [2.45, 2.75) is 17.2 Å². The number of fused-ring (bicyclic) bond motifs is 2. The second-order valence-corrected chi connectivity index (χ2v) is 12.4. The van der Waals surface area contributed by atoms with E-state index in [-0.39, 0.29) is 22.8 Å². The Morgan fingerprint density at radius 3 is 2.41 bits per heavy atom. The molecular weight excluding hydrogens is 481 g/mol. The first kappa shape index (κ1) is 22.4. The van der Waals surface area contributed by atoms with Gasteiger partial charge in [-0.2, -0.15) is 0 Å². The number of benzene rings is 2. The van der Waals surface area contributed by atoms with Crippen LogP contribution in [0.2, 0.25) is 0 Å². The van der Waals surface area contributed by atoms with Crippen molar-refractivity contribution >= 4 is 36.5 Å². The highest BCUT2D eigenvalue weighted by Crippen LogP contribution is 2.43. The van der Waals surface area contributed by atoms with Gasteiger partial charge in [0.05, 0.1) is 22.9 Å². The van der Waals surface area contributed by atoms with Gasteiger partial charge in [0, 0.05) is 42.2 Å². The summed E-state index contributed by atoms with van der Waals surface area (Å²) in [5, 5.41) is 0.581. The number of pyridine rings is 1. The van der Waals surface area contributed by atoms with Gasteiger partial charge < -0.3 is 9.55 Å². The van der Waals surface area contributed by atoms with Crippen LogP contribution in [-0.4, -0.2) is 32.6 Å². The first-order valence-corrected chi connectivity index (χ1v) is 13.7. The molecule has 3 heterocycles. The lowest BCUT2D eigenvalue weighted by Gasteiger charge is -2.25. The summed E-state index contributed by atoms with van der Waals surface area (Å²) >= 11 is 0. The first-order valence-electron chi connectivity index (χ1n) is 10.2. The van der Waals surface area contributed by atoms with Gasteiger partial charge in [0.1, 0.15) is 11.3 Å². The number of rotatable bonds is 4. The molecule has 34 heavy (non-hydrogen) atoms. The van der Waals surface area contributed by atoms with Crippen LogP contribution in [0, 0.1) is 5.82 Å². The Labute approximate surface area is 195 Å². The Morgan fingerprint density at radius 1 is 1.03 bits per heavy atom. The van der Waals surface area contributed by atoms with Gasteiger partial charge in [0.15, 0.2) is 9.84 Å². The van der Waals surface area contributed by atoms with Gasteiger partial charge in [0.2, 0.25) is 0 Å². The summed E-state index contributed by atoms with van der Waals surface area (Å²) in [6, 6.07) is 9.34. The van der Waals surface area contributed by atoms with Crippen LogP contribution in [0.15, 0.2) is 64.5 Å². The molecule has 0 fully saturated rings. The van der Waals surface area contributed by atoms with Crippen molar-refractivity contribution in [1.29, 1.82) is 0 Å². The Morgan fingerprint density at radius 2 is 1.74 bits per heavy atom. The average Bonchev–Trinajstić information content (AvgIpc) is 3.12. The van der Waals surface area contributed by atoms with Crippen molar-refractivity contribution in [2.24, 2.45) is 7.05 Å². The van der Waals surface area contributed by atoms with E-state index >= 15 is 0 Å². The lowest BCUT2D eigenvalue weighted by atomic mass is 9.99. The molecule has 8 nitrogen and oxygen atoms in total. The van der Waals surface area contributed by atoms with E-state index in [1.54, 1.807) is 37.6 Å². The SMILES string of the molecule is Cn1cc2c3c(c[nH]c3c1=O)CN(S(=O)(=O)c1ccc(F)cc1)c1ccc(CS(C)(=O)=O)cc1-2. The molecule has 0 spiro atoms. The number of aryl methyl sites for hydroxylation is 1. The van der Waals surface area contributed by atoms with Crippen molar-refractivity contribution in [1.82, 2.24) is 9.55 Å². The fraction of sp³-hybridized carbons (Fsp3) is 0.174. The highest BCUT2D eigenvalue weighted by atomic mass is 32.2. The molecule has 1 aliphatic heterocycles. The lowest BCUT2D eigenvalue weighted by molar-refractivity contribution is 0.589. The molecule has 0 atom stereocenters. The minimum atomic E-state index is -4.13. The zero-order valence-electron chi connectivity index (χ0n) is 18.2. The molecule has 0 radical (unpaired) electrons. The molecule has 0 amide bonds. The highest BCUT2D eigenvalue weighted by molar-refractivity contribution is 7.92. The molecular formula is C23H20FN3O5S2. The standard InChI is InChI=1S/C23H20FN3O5S2/c1-26-12-19-18-9-14(13-33(2,29)30)3-8-20(18)27(11-15-10-25-22(21(15)19)23(26)28)34(31,32)17-6-4-16(24)5-7-17/h3-10,12,25H,11,13H2,1-2H3. The van der Waals surface area contributed by atoms with E-state index in [9.17, 15) is 26.0 Å². The van der Waals surface area contributed by atoms with Crippen LogP contribution in [-0.2, 0) is 39.2 Å². The molecule has 0 bridgehead atoms. The molecule has 0 saturated carbocycles. The van der Waals surface area contributed by atoms with Gasteiger partial charge in [0.25, 0.3) is 15.6 Å². The smallest absolute Gasteiger partial charge is 0.274 e. The van der Waals surface area contributed by atoms with E-state index < -0.39 is 25.7 Å². The summed E-state index contributed by atoms with van der Waals surface area (Å²) in [5.41, 5.74) is 2.55. The first-order chi connectivity index (χ1) is 16.0. The monoisotopic (exact) mass is 501 g/mol. The third-order valence-corrected chi connectivity index (χ3v) is 8.48. The van der Waals surface area contributed by atoms with E-state index in [1.807, 2.05) is 0 Å². The summed E-state index contributed by atoms with van der Waals surface area (Å²) in [6.45, 7) is -0.0711. The summed E-state index contributed by atoms with van der Waals surface area (Å²) in [5.74, 6) is -0.782. The van der Waals surface area contributed by atoms with Gasteiger partial charge in [-0.3, -0.25) is 9.10 Å². The van der Waals surface area contributed by atoms with Crippen LogP contribution in [0.5, 0.6) is 0 Å². The number of aromatic amines is 1. The summed E-state index contributed by atoms with van der Waals surface area (Å²) in [6.07, 6.45) is 4.35. The van der Waals surface area contributed by atoms with E-state index in [0.29, 0.717) is 38.8 Å². The lowest BCUT2D eigenvalue weighted by Crippen LogP contribution is -2.30. The minimum absolute atomic E-state index is 0.0711. The van der Waals surface area contributed by atoms with Crippen molar-refractivity contribution in [3.63, 3.8) is 0 Å². The Kier molecular flexibility index (Phi) is 4.96. The van der Waals surface area contributed by atoms with Gasteiger partial charge >= 0.3 is 0 Å². The largest absolute Gasteiger partial charge is 0.356 e. The van der Waals surface area contributed by atoms with Crippen LogP contribution in [0.25, 0.3) is 22.0 Å². The van der Waals surface area contributed by atoms with Crippen LogP contribution in [0.4, 0.5) is 10.1 Å². The predicted molar refractivity (Wildman–Crippen MR) is 127 cm³/mol. The molecule has 11 heteroatoms. The van der Waals surface area contributed by atoms with Crippen LogP contribution in [0.3, 0.4) is 0 Å². The number of anilines is 1. The van der Waals surface area contributed by atoms with Crippen LogP contribution < -0.4 is 9.86 Å². The Balaban J connectivity index is 1.82. The van der Waals surface area contributed by atoms with E-state index in [4.69, 9.17) is 0 Å². The maximum Gasteiger partial charge on any atom is 0.274 e. The molecule has 2 aromatic heterocycles. The third-order valence-electron chi connectivity index (χ3n) is 5.85. The van der Waals surface area contributed by atoms with Gasteiger partial charge in [-0.1, -0.05) is 6.07 Å². The van der Waals surface area contributed by atoms with E-state index in [1.165, 1.54) is 21.0 Å². The molecule has 176 valence electrons. The fourth-order valence-electron chi connectivity index (χ4n) is 4.36. The molecule has 1 aliphatic rings. The zero-order valence-corrected chi connectivity index (χ0v) is 19.9. The zero-order chi connectivity index (χ0) is 24.4. The topological polar surface area (TPSA) is 109 Å². The Hall–Kier alpha value is -3.44. The molecule has 5 rings (SSSR count). The second kappa shape index (κ2) is 7.54.